The molecule has 3 nitrogen and oxygen atoms in total. The molecule has 108 valence electrons. The van der Waals surface area contributed by atoms with Gasteiger partial charge in [0.1, 0.15) is 5.82 Å². The number of hydrogen-bond acceptors (Lipinski definition) is 3. The van der Waals surface area contributed by atoms with Crippen LogP contribution >= 0.6 is 0 Å². The Balaban J connectivity index is 2.12. The van der Waals surface area contributed by atoms with Gasteiger partial charge in [0, 0.05) is 6.54 Å². The van der Waals surface area contributed by atoms with Crippen molar-refractivity contribution in [2.75, 3.05) is 19.7 Å². The summed E-state index contributed by atoms with van der Waals surface area (Å²) in [5.41, 5.74) is 0.851. The van der Waals surface area contributed by atoms with Crippen LogP contribution in [-0.2, 0) is 11.2 Å². The van der Waals surface area contributed by atoms with Gasteiger partial charge in [0.05, 0.1) is 18.3 Å². The molecule has 1 rings (SSSR count). The number of aliphatic hydroxyl groups is 1. The van der Waals surface area contributed by atoms with Crippen LogP contribution in [0, 0.1) is 5.82 Å². The molecule has 0 aliphatic carbocycles. The zero-order chi connectivity index (χ0) is 14.3. The number of benzene rings is 1. The van der Waals surface area contributed by atoms with Crippen molar-refractivity contribution < 1.29 is 14.2 Å². The Hall–Kier alpha value is -0.970. The molecular formula is C15H24FNO2. The van der Waals surface area contributed by atoms with Gasteiger partial charge in [0.15, 0.2) is 0 Å². The number of nitrogens with one attached hydrogen (secondary N) is 1. The van der Waals surface area contributed by atoms with Gasteiger partial charge in [-0.15, -0.1) is 0 Å². The molecule has 2 N–H and O–H groups in total. The first-order valence-corrected chi connectivity index (χ1v) is 6.64. The standard InChI is InChI=1S/C15H24FNO2/c1-15(2,3)19-11-14(18)10-17-9-8-12-4-6-13(16)7-5-12/h4-7,14,17-18H,8-11H2,1-3H3. The number of ether oxygens (including phenoxy) is 1. The van der Waals surface area contributed by atoms with Crippen LogP contribution in [0.4, 0.5) is 4.39 Å². The summed E-state index contributed by atoms with van der Waals surface area (Å²) < 4.78 is 18.2. The zero-order valence-corrected chi connectivity index (χ0v) is 11.9. The Kier molecular flexibility index (Phi) is 6.42. The summed E-state index contributed by atoms with van der Waals surface area (Å²) in [5, 5.41) is 12.9. The molecule has 0 fully saturated rings. The lowest BCUT2D eigenvalue weighted by molar-refractivity contribution is -0.0477. The topological polar surface area (TPSA) is 41.5 Å². The molecule has 1 aromatic rings. The summed E-state index contributed by atoms with van der Waals surface area (Å²) in [5.74, 6) is -0.216. The molecule has 0 aliphatic rings. The molecule has 1 atom stereocenters. The second kappa shape index (κ2) is 7.58. The highest BCUT2D eigenvalue weighted by Crippen LogP contribution is 2.07. The maximum Gasteiger partial charge on any atom is 0.123 e. The highest BCUT2D eigenvalue weighted by atomic mass is 19.1. The molecule has 0 radical (unpaired) electrons. The summed E-state index contributed by atoms with van der Waals surface area (Å²) in [7, 11) is 0. The van der Waals surface area contributed by atoms with Gasteiger partial charge in [-0.05, 0) is 51.4 Å². The van der Waals surface area contributed by atoms with Gasteiger partial charge in [-0.25, -0.2) is 4.39 Å². The van der Waals surface area contributed by atoms with E-state index in [4.69, 9.17) is 4.74 Å². The van der Waals surface area contributed by atoms with Gasteiger partial charge in [0.25, 0.3) is 0 Å². The number of halogens is 1. The van der Waals surface area contributed by atoms with Gasteiger partial charge in [-0.1, -0.05) is 12.1 Å². The zero-order valence-electron chi connectivity index (χ0n) is 11.9. The minimum Gasteiger partial charge on any atom is -0.389 e. The van der Waals surface area contributed by atoms with E-state index < -0.39 is 6.10 Å². The third kappa shape index (κ3) is 7.93. The summed E-state index contributed by atoms with van der Waals surface area (Å²) >= 11 is 0. The number of aliphatic hydroxyl groups excluding tert-OH is 1. The summed E-state index contributed by atoms with van der Waals surface area (Å²) in [4.78, 5) is 0. The average molecular weight is 269 g/mol. The fourth-order valence-corrected chi connectivity index (χ4v) is 1.56. The lowest BCUT2D eigenvalue weighted by atomic mass is 10.1. The van der Waals surface area contributed by atoms with Crippen LogP contribution in [0.2, 0.25) is 0 Å². The van der Waals surface area contributed by atoms with Crippen molar-refractivity contribution in [1.29, 1.82) is 0 Å². The smallest absolute Gasteiger partial charge is 0.123 e. The van der Waals surface area contributed by atoms with E-state index in [1.165, 1.54) is 12.1 Å². The van der Waals surface area contributed by atoms with Crippen LogP contribution in [0.15, 0.2) is 24.3 Å². The third-order valence-electron chi connectivity index (χ3n) is 2.59. The lowest BCUT2D eigenvalue weighted by Gasteiger charge is -2.22. The predicted molar refractivity (Wildman–Crippen MR) is 74.7 cm³/mol. The van der Waals surface area contributed by atoms with Gasteiger partial charge < -0.3 is 15.2 Å². The Labute approximate surface area is 114 Å². The fraction of sp³-hybridized carbons (Fsp3) is 0.600. The van der Waals surface area contributed by atoms with Crippen LogP contribution in [-0.4, -0.2) is 36.5 Å². The first kappa shape index (κ1) is 16.1. The number of hydrogen-bond donors (Lipinski definition) is 2. The summed E-state index contributed by atoms with van der Waals surface area (Å²) in [6, 6.07) is 6.47. The van der Waals surface area contributed by atoms with E-state index >= 15 is 0 Å². The maximum absolute atomic E-state index is 12.7. The summed E-state index contributed by atoms with van der Waals surface area (Å²) in [6.07, 6.45) is 0.306. The Morgan fingerprint density at radius 2 is 1.89 bits per heavy atom. The van der Waals surface area contributed by atoms with E-state index in [0.29, 0.717) is 13.2 Å². The second-order valence-corrected chi connectivity index (χ2v) is 5.66. The van der Waals surface area contributed by atoms with Crippen molar-refractivity contribution in [2.45, 2.75) is 38.9 Å². The molecule has 1 aromatic carbocycles. The molecule has 4 heteroatoms. The first-order chi connectivity index (χ1) is 8.87. The monoisotopic (exact) mass is 269 g/mol. The van der Waals surface area contributed by atoms with Crippen LogP contribution in [0.3, 0.4) is 0 Å². The largest absolute Gasteiger partial charge is 0.389 e. The summed E-state index contributed by atoms with van der Waals surface area (Å²) in [6.45, 7) is 7.45. The minimum atomic E-state index is -0.507. The highest BCUT2D eigenvalue weighted by Gasteiger charge is 2.13. The van der Waals surface area contributed by atoms with Gasteiger partial charge in [0.2, 0.25) is 0 Å². The highest BCUT2D eigenvalue weighted by molar-refractivity contribution is 5.16. The van der Waals surface area contributed by atoms with E-state index in [0.717, 1.165) is 18.5 Å². The molecular weight excluding hydrogens is 245 g/mol. The van der Waals surface area contributed by atoms with E-state index in [9.17, 15) is 9.50 Å². The van der Waals surface area contributed by atoms with Crippen molar-refractivity contribution in [3.05, 3.63) is 35.6 Å². The van der Waals surface area contributed by atoms with E-state index in [1.807, 2.05) is 20.8 Å². The van der Waals surface area contributed by atoms with Crippen LogP contribution in [0.5, 0.6) is 0 Å². The third-order valence-corrected chi connectivity index (χ3v) is 2.59. The Morgan fingerprint density at radius 3 is 2.47 bits per heavy atom. The van der Waals surface area contributed by atoms with E-state index in [1.54, 1.807) is 12.1 Å². The fourth-order valence-electron chi connectivity index (χ4n) is 1.56. The molecule has 0 bridgehead atoms. The van der Waals surface area contributed by atoms with Crippen LogP contribution in [0.1, 0.15) is 26.3 Å². The average Bonchev–Trinajstić information content (AvgIpc) is 2.33. The molecule has 19 heavy (non-hydrogen) atoms. The molecule has 1 unspecified atom stereocenters. The van der Waals surface area contributed by atoms with Crippen molar-refractivity contribution in [1.82, 2.24) is 5.32 Å². The number of rotatable bonds is 7. The second-order valence-electron chi connectivity index (χ2n) is 5.66. The van der Waals surface area contributed by atoms with E-state index in [2.05, 4.69) is 5.32 Å². The van der Waals surface area contributed by atoms with Gasteiger partial charge in [-0.2, -0.15) is 0 Å². The normalized spacial score (nSPS) is 13.5. The molecule has 0 heterocycles. The molecule has 0 amide bonds. The van der Waals surface area contributed by atoms with Crippen LogP contribution < -0.4 is 5.32 Å². The molecule has 0 aromatic heterocycles. The van der Waals surface area contributed by atoms with Crippen LogP contribution in [0.25, 0.3) is 0 Å². The van der Waals surface area contributed by atoms with Gasteiger partial charge in [-0.3, -0.25) is 0 Å². The lowest BCUT2D eigenvalue weighted by Crippen LogP contribution is -2.34. The predicted octanol–water partition coefficient (Wildman–Crippen LogP) is 2.13. The Morgan fingerprint density at radius 1 is 1.26 bits per heavy atom. The minimum absolute atomic E-state index is 0.216. The Bertz CT molecular complexity index is 359. The molecule has 0 saturated heterocycles. The van der Waals surface area contributed by atoms with Crippen molar-refractivity contribution in [2.24, 2.45) is 0 Å². The molecule has 0 spiro atoms. The molecule has 0 saturated carbocycles. The quantitative estimate of drug-likeness (QED) is 0.745. The maximum atomic E-state index is 12.7. The van der Waals surface area contributed by atoms with Gasteiger partial charge >= 0.3 is 0 Å². The SMILES string of the molecule is CC(C)(C)OCC(O)CNCCc1ccc(F)cc1. The van der Waals surface area contributed by atoms with E-state index in [-0.39, 0.29) is 11.4 Å². The van der Waals surface area contributed by atoms with Crippen molar-refractivity contribution >= 4 is 0 Å². The van der Waals surface area contributed by atoms with Crippen molar-refractivity contribution in [3.63, 3.8) is 0 Å². The van der Waals surface area contributed by atoms with Crippen molar-refractivity contribution in [3.8, 4) is 0 Å². The molecule has 0 aliphatic heterocycles. The first-order valence-electron chi connectivity index (χ1n) is 6.64.